The Morgan fingerprint density at radius 1 is 1.35 bits per heavy atom. The first kappa shape index (κ1) is 17.2. The van der Waals surface area contributed by atoms with Gasteiger partial charge in [-0.2, -0.15) is 14.6 Å². The van der Waals surface area contributed by atoms with Crippen LogP contribution in [0.4, 0.5) is 10.2 Å². The van der Waals surface area contributed by atoms with Crippen LogP contribution in [0.2, 0.25) is 5.02 Å². The highest BCUT2D eigenvalue weighted by Gasteiger charge is 2.33. The van der Waals surface area contributed by atoms with Gasteiger partial charge in [0.05, 0.1) is 5.02 Å². The van der Waals surface area contributed by atoms with Crippen molar-refractivity contribution in [2.24, 2.45) is 5.92 Å². The SMILES string of the molecule is Cc1cc(NCC2CCN(C)C2c2ccc(Cl)c(F)c2)n2ncnc2n1. The molecule has 3 aromatic rings. The van der Waals surface area contributed by atoms with E-state index in [1.54, 1.807) is 16.6 Å². The minimum atomic E-state index is -0.370. The first-order valence-electron chi connectivity index (χ1n) is 8.59. The molecule has 1 aromatic carbocycles. The normalized spacial score (nSPS) is 20.8. The Kier molecular flexibility index (Phi) is 4.50. The number of fused-ring (bicyclic) bond motifs is 1. The quantitative estimate of drug-likeness (QED) is 0.759. The number of hydrogen-bond acceptors (Lipinski definition) is 5. The minimum Gasteiger partial charge on any atom is -0.369 e. The van der Waals surface area contributed by atoms with Crippen LogP contribution in [0.25, 0.3) is 5.78 Å². The third kappa shape index (κ3) is 3.12. The van der Waals surface area contributed by atoms with Crippen molar-refractivity contribution < 1.29 is 4.39 Å². The van der Waals surface area contributed by atoms with Gasteiger partial charge in [0.1, 0.15) is 18.0 Å². The zero-order valence-electron chi connectivity index (χ0n) is 14.7. The summed E-state index contributed by atoms with van der Waals surface area (Å²) in [6.45, 7) is 3.65. The Hall–Kier alpha value is -2.25. The second kappa shape index (κ2) is 6.81. The number of hydrogen-bond donors (Lipinski definition) is 1. The van der Waals surface area contributed by atoms with E-state index in [2.05, 4.69) is 32.3 Å². The van der Waals surface area contributed by atoms with E-state index in [-0.39, 0.29) is 16.9 Å². The molecule has 2 unspecified atom stereocenters. The molecule has 0 spiro atoms. The fourth-order valence-corrected chi connectivity index (χ4v) is 3.87. The molecule has 0 saturated carbocycles. The third-order valence-electron chi connectivity index (χ3n) is 4.98. The molecule has 136 valence electrons. The van der Waals surface area contributed by atoms with Crippen molar-refractivity contribution in [3.05, 3.63) is 52.7 Å². The number of aryl methyl sites for hydroxylation is 1. The van der Waals surface area contributed by atoms with E-state index >= 15 is 0 Å². The maximum atomic E-state index is 13.9. The van der Waals surface area contributed by atoms with Crippen molar-refractivity contribution in [1.82, 2.24) is 24.5 Å². The van der Waals surface area contributed by atoms with E-state index in [9.17, 15) is 4.39 Å². The van der Waals surface area contributed by atoms with E-state index in [0.29, 0.717) is 11.7 Å². The fraction of sp³-hybridized carbons (Fsp3) is 0.389. The number of benzene rings is 1. The average molecular weight is 375 g/mol. The zero-order chi connectivity index (χ0) is 18.3. The third-order valence-corrected chi connectivity index (χ3v) is 5.29. The van der Waals surface area contributed by atoms with Crippen LogP contribution in [0.1, 0.15) is 23.7 Å². The molecule has 1 N–H and O–H groups in total. The van der Waals surface area contributed by atoms with Crippen molar-refractivity contribution in [2.75, 3.05) is 25.5 Å². The summed E-state index contributed by atoms with van der Waals surface area (Å²) in [4.78, 5) is 10.8. The Labute approximate surface area is 156 Å². The summed E-state index contributed by atoms with van der Waals surface area (Å²) in [7, 11) is 2.07. The van der Waals surface area contributed by atoms with Gasteiger partial charge in [0.15, 0.2) is 0 Å². The molecule has 1 aliphatic rings. The molecule has 0 bridgehead atoms. The first-order chi connectivity index (χ1) is 12.5. The number of anilines is 1. The molecule has 8 heteroatoms. The van der Waals surface area contributed by atoms with Gasteiger partial charge < -0.3 is 5.32 Å². The molecule has 26 heavy (non-hydrogen) atoms. The van der Waals surface area contributed by atoms with Gasteiger partial charge in [0.25, 0.3) is 5.78 Å². The van der Waals surface area contributed by atoms with Gasteiger partial charge in [0, 0.05) is 24.3 Å². The molecular weight excluding hydrogens is 355 g/mol. The molecule has 3 heterocycles. The topological polar surface area (TPSA) is 58.4 Å². The average Bonchev–Trinajstić information content (AvgIpc) is 3.21. The van der Waals surface area contributed by atoms with Crippen LogP contribution in [-0.2, 0) is 0 Å². The monoisotopic (exact) mass is 374 g/mol. The smallest absolute Gasteiger partial charge is 0.254 e. The lowest BCUT2D eigenvalue weighted by molar-refractivity contribution is 0.281. The number of nitrogens with one attached hydrogen (secondary N) is 1. The van der Waals surface area contributed by atoms with Crippen LogP contribution >= 0.6 is 11.6 Å². The van der Waals surface area contributed by atoms with Crippen molar-refractivity contribution in [3.8, 4) is 0 Å². The highest BCUT2D eigenvalue weighted by Crippen LogP contribution is 2.37. The largest absolute Gasteiger partial charge is 0.369 e. The van der Waals surface area contributed by atoms with Gasteiger partial charge in [-0.15, -0.1) is 0 Å². The van der Waals surface area contributed by atoms with Crippen LogP contribution in [0.5, 0.6) is 0 Å². The summed E-state index contributed by atoms with van der Waals surface area (Å²) in [5.41, 5.74) is 1.84. The van der Waals surface area contributed by atoms with Gasteiger partial charge in [0.2, 0.25) is 0 Å². The summed E-state index contributed by atoms with van der Waals surface area (Å²) >= 11 is 5.84. The number of likely N-dealkylation sites (tertiary alicyclic amines) is 1. The second-order valence-corrected chi connectivity index (χ2v) is 7.19. The molecule has 1 saturated heterocycles. The lowest BCUT2D eigenvalue weighted by atomic mass is 9.93. The summed E-state index contributed by atoms with van der Waals surface area (Å²) in [5, 5.41) is 7.86. The van der Waals surface area contributed by atoms with Gasteiger partial charge in [-0.25, -0.2) is 9.37 Å². The number of aromatic nitrogens is 4. The molecule has 2 aromatic heterocycles. The number of halogens is 2. The molecular formula is C18H20ClFN6. The summed E-state index contributed by atoms with van der Waals surface area (Å²) in [6, 6.07) is 7.19. The zero-order valence-corrected chi connectivity index (χ0v) is 15.4. The Morgan fingerprint density at radius 2 is 2.19 bits per heavy atom. The molecule has 0 aliphatic carbocycles. The summed E-state index contributed by atoms with van der Waals surface area (Å²) < 4.78 is 15.6. The molecule has 0 amide bonds. The highest BCUT2D eigenvalue weighted by atomic mass is 35.5. The van der Waals surface area contributed by atoms with Crippen molar-refractivity contribution in [1.29, 1.82) is 0 Å². The van der Waals surface area contributed by atoms with Crippen LogP contribution in [-0.4, -0.2) is 44.6 Å². The van der Waals surface area contributed by atoms with E-state index in [1.165, 1.54) is 6.33 Å². The van der Waals surface area contributed by atoms with Crippen LogP contribution in [0.15, 0.2) is 30.6 Å². The lowest BCUT2D eigenvalue weighted by Crippen LogP contribution is -2.25. The molecule has 1 aliphatic heterocycles. The molecule has 1 fully saturated rings. The molecule has 6 nitrogen and oxygen atoms in total. The maximum absolute atomic E-state index is 13.9. The van der Waals surface area contributed by atoms with Gasteiger partial charge in [-0.05, 0) is 50.6 Å². The van der Waals surface area contributed by atoms with Crippen LogP contribution in [0, 0.1) is 18.7 Å². The molecule has 4 rings (SSSR count). The van der Waals surface area contributed by atoms with Crippen LogP contribution in [0.3, 0.4) is 0 Å². The number of rotatable bonds is 4. The molecule has 2 atom stereocenters. The highest BCUT2D eigenvalue weighted by molar-refractivity contribution is 6.30. The molecule has 0 radical (unpaired) electrons. The van der Waals surface area contributed by atoms with Crippen molar-refractivity contribution >= 4 is 23.2 Å². The Morgan fingerprint density at radius 3 is 3.00 bits per heavy atom. The minimum absolute atomic E-state index is 0.142. The van der Waals surface area contributed by atoms with Gasteiger partial charge in [-0.3, -0.25) is 4.90 Å². The standard InChI is InChI=1S/C18H20ClFN6/c1-11-7-16(26-18(24-11)22-10-23-26)21-9-13-5-6-25(2)17(13)12-3-4-14(19)15(20)8-12/h3-4,7-8,10,13,17,21H,5-6,9H2,1-2H3. The van der Waals surface area contributed by atoms with E-state index in [0.717, 1.165) is 36.6 Å². The predicted molar refractivity (Wildman–Crippen MR) is 98.9 cm³/mol. The summed E-state index contributed by atoms with van der Waals surface area (Å²) in [5.74, 6) is 1.41. The Balaban J connectivity index is 1.56. The number of nitrogens with zero attached hydrogens (tertiary/aromatic N) is 5. The van der Waals surface area contributed by atoms with Crippen molar-refractivity contribution in [2.45, 2.75) is 19.4 Å². The van der Waals surface area contributed by atoms with E-state index in [1.807, 2.05) is 19.1 Å². The van der Waals surface area contributed by atoms with Crippen molar-refractivity contribution in [3.63, 3.8) is 0 Å². The maximum Gasteiger partial charge on any atom is 0.254 e. The predicted octanol–water partition coefficient (Wildman–Crippen LogP) is 3.33. The second-order valence-electron chi connectivity index (χ2n) is 6.78. The van der Waals surface area contributed by atoms with Gasteiger partial charge in [-0.1, -0.05) is 17.7 Å². The van der Waals surface area contributed by atoms with Gasteiger partial charge >= 0.3 is 0 Å². The van der Waals surface area contributed by atoms with E-state index in [4.69, 9.17) is 11.6 Å². The fourth-order valence-electron chi connectivity index (χ4n) is 3.76. The lowest BCUT2D eigenvalue weighted by Gasteiger charge is -2.26. The first-order valence-corrected chi connectivity index (χ1v) is 8.97. The summed E-state index contributed by atoms with van der Waals surface area (Å²) in [6.07, 6.45) is 2.53. The van der Waals surface area contributed by atoms with E-state index < -0.39 is 0 Å². The van der Waals surface area contributed by atoms with Crippen LogP contribution < -0.4 is 5.32 Å². The Bertz CT molecular complexity index is 943.